The zero-order valence-corrected chi connectivity index (χ0v) is 35.6. The number of fused-ring (bicyclic) bond motifs is 3. The van der Waals surface area contributed by atoms with Crippen LogP contribution in [0, 0.1) is 16.7 Å². The molecular formula is C47H53NO14. The van der Waals surface area contributed by atoms with Crippen molar-refractivity contribution in [2.75, 3.05) is 7.11 Å². The Bertz CT molecular complexity index is 2210. The Morgan fingerprint density at radius 1 is 0.790 bits per heavy atom. The minimum atomic E-state index is -2.40. The highest BCUT2D eigenvalue weighted by Gasteiger charge is 2.72. The lowest BCUT2D eigenvalue weighted by Crippen LogP contribution is -2.74. The number of aliphatic hydroxyl groups excluding tert-OH is 2. The predicted molar refractivity (Wildman–Crippen MR) is 220 cm³/mol. The summed E-state index contributed by atoms with van der Waals surface area (Å²) in [6, 6.07) is 22.9. The van der Waals surface area contributed by atoms with E-state index in [-0.39, 0.29) is 28.7 Å². The molecule has 2 fully saturated rings. The Hall–Kier alpha value is -5.74. The normalized spacial score (nSPS) is 30.0. The average Bonchev–Trinajstić information content (AvgIpc) is 3.24. The van der Waals surface area contributed by atoms with E-state index in [9.17, 15) is 39.3 Å². The second kappa shape index (κ2) is 17.9. The summed E-state index contributed by atoms with van der Waals surface area (Å²) in [6.07, 6.45) is -12.1. The van der Waals surface area contributed by atoms with Crippen molar-refractivity contribution in [1.29, 1.82) is 0 Å². The van der Waals surface area contributed by atoms with Gasteiger partial charge in [-0.2, -0.15) is 0 Å². The lowest BCUT2D eigenvalue weighted by molar-refractivity contribution is -0.256. The van der Waals surface area contributed by atoms with Gasteiger partial charge in [-0.1, -0.05) is 80.6 Å². The zero-order valence-electron chi connectivity index (χ0n) is 35.6. The maximum absolute atomic E-state index is 15.4. The van der Waals surface area contributed by atoms with Crippen molar-refractivity contribution in [3.05, 3.63) is 119 Å². The van der Waals surface area contributed by atoms with Gasteiger partial charge in [0.2, 0.25) is 0 Å². The largest absolute Gasteiger partial charge is 0.459 e. The number of aliphatic hydroxyl groups is 3. The molecule has 62 heavy (non-hydrogen) atoms. The van der Waals surface area contributed by atoms with E-state index in [2.05, 4.69) is 5.32 Å². The van der Waals surface area contributed by atoms with Crippen LogP contribution in [0.25, 0.3) is 0 Å². The van der Waals surface area contributed by atoms with Gasteiger partial charge in [0.25, 0.3) is 5.91 Å². The number of hydrogen-bond acceptors (Lipinski definition) is 14. The van der Waals surface area contributed by atoms with Gasteiger partial charge in [0.1, 0.15) is 23.9 Å². The van der Waals surface area contributed by atoms with E-state index in [1.165, 1.54) is 33.1 Å². The average molecular weight is 856 g/mol. The second-order valence-electron chi connectivity index (χ2n) is 16.9. The number of carbonyl (C=O) groups excluding carboxylic acids is 6. The van der Waals surface area contributed by atoms with Crippen LogP contribution in [0.5, 0.6) is 0 Å². The number of benzene rings is 3. The summed E-state index contributed by atoms with van der Waals surface area (Å²) in [5.41, 5.74) is -5.32. The number of amides is 1. The Morgan fingerprint density at radius 2 is 1.34 bits per heavy atom. The number of esters is 4. The van der Waals surface area contributed by atoms with Crippen LogP contribution in [0.2, 0.25) is 0 Å². The molecule has 3 aromatic rings. The summed E-state index contributed by atoms with van der Waals surface area (Å²) in [7, 11) is 1.31. The number of carbonyl (C=O) groups is 6. The van der Waals surface area contributed by atoms with Crippen molar-refractivity contribution in [1.82, 2.24) is 5.32 Å². The first-order valence-electron chi connectivity index (χ1n) is 20.4. The summed E-state index contributed by atoms with van der Waals surface area (Å²) in [4.78, 5) is 83.1. The van der Waals surface area contributed by atoms with Gasteiger partial charge in [-0.05, 0) is 54.8 Å². The van der Waals surface area contributed by atoms with Gasteiger partial charge in [-0.3, -0.25) is 19.2 Å². The van der Waals surface area contributed by atoms with Crippen LogP contribution in [-0.2, 0) is 42.9 Å². The SMILES string of the molecule is CO[C@@H]1C[C@H](O)[C@@]2(C)C(=O)[C@H](OC(C)=O)C3=C(C)[C@@H](OC(=O)[C@H](O)[C@@H](NC(=O)c4ccccc4)c4ccccc4)C[C@@](O)([C@@H](OC(=O)c4ccccc4)[C@@H]2C1OC(C)=O)C3(C)C. The topological polar surface area (TPSA) is 221 Å². The molecule has 0 aliphatic heterocycles. The molecule has 0 aromatic heterocycles. The summed E-state index contributed by atoms with van der Waals surface area (Å²) in [5.74, 6) is -6.95. The fourth-order valence-electron chi connectivity index (χ4n) is 9.59. The third-order valence-corrected chi connectivity index (χ3v) is 13.0. The highest BCUT2D eigenvalue weighted by molar-refractivity contribution is 5.96. The van der Waals surface area contributed by atoms with E-state index in [1.807, 2.05) is 0 Å². The van der Waals surface area contributed by atoms with Crippen molar-refractivity contribution in [2.24, 2.45) is 16.7 Å². The number of hydrogen-bond donors (Lipinski definition) is 4. The Labute approximate surface area is 359 Å². The molecule has 3 aliphatic rings. The summed E-state index contributed by atoms with van der Waals surface area (Å²) in [6.45, 7) is 8.20. The number of ether oxygens (including phenoxy) is 5. The number of nitrogens with one attached hydrogen (secondary N) is 1. The highest BCUT2D eigenvalue weighted by Crippen LogP contribution is 2.61. The second-order valence-corrected chi connectivity index (χ2v) is 16.9. The lowest BCUT2D eigenvalue weighted by Gasteiger charge is -2.62. The van der Waals surface area contributed by atoms with Crippen molar-refractivity contribution < 1.29 is 67.8 Å². The van der Waals surface area contributed by atoms with E-state index < -0.39 is 113 Å². The molecule has 15 nitrogen and oxygen atoms in total. The molecule has 2 saturated carbocycles. The summed E-state index contributed by atoms with van der Waals surface area (Å²) in [5, 5.41) is 40.1. The first-order valence-corrected chi connectivity index (χ1v) is 20.4. The maximum atomic E-state index is 15.4. The molecular weight excluding hydrogens is 803 g/mol. The maximum Gasteiger partial charge on any atom is 0.338 e. The van der Waals surface area contributed by atoms with Crippen molar-refractivity contribution in [3.8, 4) is 0 Å². The van der Waals surface area contributed by atoms with Gasteiger partial charge in [-0.25, -0.2) is 9.59 Å². The van der Waals surface area contributed by atoms with Gasteiger partial charge >= 0.3 is 23.9 Å². The fraction of sp³-hybridized carbons (Fsp3) is 0.447. The minimum absolute atomic E-state index is 0.0127. The van der Waals surface area contributed by atoms with Crippen LogP contribution in [0.3, 0.4) is 0 Å². The molecule has 2 bridgehead atoms. The first-order chi connectivity index (χ1) is 29.3. The molecule has 3 aromatic carbocycles. The van der Waals surface area contributed by atoms with E-state index in [1.54, 1.807) is 92.7 Å². The van der Waals surface area contributed by atoms with Gasteiger partial charge in [0, 0.05) is 44.8 Å². The molecule has 11 atom stereocenters. The smallest absolute Gasteiger partial charge is 0.338 e. The monoisotopic (exact) mass is 855 g/mol. The van der Waals surface area contributed by atoms with Crippen LogP contribution in [0.1, 0.15) is 86.7 Å². The van der Waals surface area contributed by atoms with E-state index in [0.29, 0.717) is 5.56 Å². The zero-order chi connectivity index (χ0) is 45.3. The molecule has 1 amide bonds. The van der Waals surface area contributed by atoms with Crippen molar-refractivity contribution in [3.63, 3.8) is 0 Å². The summed E-state index contributed by atoms with van der Waals surface area (Å²) < 4.78 is 29.9. The quantitative estimate of drug-likeness (QED) is 0.122. The standard InChI is InChI=1S/C47H53NO14/c1-25-32(61-44(56)37(52)36(28-17-11-8-12-18-28)48-42(54)29-19-13-9-14-20-29)24-47(57)41(62-43(55)30-21-15-10-16-22-30)35-38(59-26(2)49)31(58-7)23-33(51)46(35,6)40(53)39(60-27(3)50)34(25)45(47,4)5/h8-22,31-33,35-39,41,51-52,57H,23-24H2,1-7H3,(H,48,54)/t31-,32+,33+,35+,36+,37-,38?,39-,41+,46-,47-/m1/s1. The Morgan fingerprint density at radius 3 is 1.89 bits per heavy atom. The van der Waals surface area contributed by atoms with Crippen molar-refractivity contribution in [2.45, 2.75) is 109 Å². The van der Waals surface area contributed by atoms with E-state index >= 15 is 4.79 Å². The minimum Gasteiger partial charge on any atom is -0.459 e. The lowest BCUT2D eigenvalue weighted by atomic mass is 9.47. The number of rotatable bonds is 11. The van der Waals surface area contributed by atoms with Crippen LogP contribution < -0.4 is 5.32 Å². The van der Waals surface area contributed by atoms with E-state index in [0.717, 1.165) is 13.8 Å². The Kier molecular flexibility index (Phi) is 13.2. The van der Waals surface area contributed by atoms with Gasteiger partial charge < -0.3 is 44.3 Å². The third-order valence-electron chi connectivity index (χ3n) is 13.0. The molecule has 330 valence electrons. The van der Waals surface area contributed by atoms with Gasteiger partial charge in [-0.15, -0.1) is 0 Å². The molecule has 4 N–H and O–H groups in total. The third kappa shape index (κ3) is 8.29. The molecule has 0 heterocycles. The van der Waals surface area contributed by atoms with E-state index in [4.69, 9.17) is 23.7 Å². The fourth-order valence-corrected chi connectivity index (χ4v) is 9.59. The van der Waals surface area contributed by atoms with Crippen molar-refractivity contribution >= 4 is 35.6 Å². The van der Waals surface area contributed by atoms with Gasteiger partial charge in [0.05, 0.1) is 35.1 Å². The van der Waals surface area contributed by atoms with Crippen LogP contribution >= 0.6 is 0 Å². The first kappa shape index (κ1) is 45.8. The molecule has 15 heteroatoms. The molecule has 0 saturated heterocycles. The molecule has 0 spiro atoms. The molecule has 6 rings (SSSR count). The van der Waals surface area contributed by atoms with Gasteiger partial charge in [0.15, 0.2) is 18.0 Å². The molecule has 1 unspecified atom stereocenters. The highest BCUT2D eigenvalue weighted by atomic mass is 16.6. The molecule has 0 radical (unpaired) electrons. The number of ketones is 1. The number of methoxy groups -OCH3 is 1. The Balaban J connectivity index is 1.53. The van der Waals surface area contributed by atoms with Crippen LogP contribution in [0.4, 0.5) is 0 Å². The number of Topliss-reactive ketones (excluding diaryl/α,β-unsaturated/α-hetero) is 1. The van der Waals surface area contributed by atoms with Crippen LogP contribution in [0.15, 0.2) is 102 Å². The molecule has 3 aliphatic carbocycles. The summed E-state index contributed by atoms with van der Waals surface area (Å²) >= 11 is 0. The predicted octanol–water partition coefficient (Wildman–Crippen LogP) is 3.98. The van der Waals surface area contributed by atoms with Crippen LogP contribution in [-0.4, -0.2) is 106 Å².